The van der Waals surface area contributed by atoms with Crippen molar-refractivity contribution in [3.63, 3.8) is 0 Å². The number of aliphatic hydroxyl groups is 4. The number of anilines is 2. The summed E-state index contributed by atoms with van der Waals surface area (Å²) in [6.45, 7) is 3.64. The fraction of sp³-hybridized carbons (Fsp3) is 0.440. The molecule has 0 spiro atoms. The minimum atomic E-state index is -2.88. The average Bonchev–Trinajstić information content (AvgIpc) is 3.30. The van der Waals surface area contributed by atoms with Gasteiger partial charge in [-0.2, -0.15) is 0 Å². The number of benzene rings is 1. The number of aliphatic hydroxyl groups excluding tert-OH is 3. The zero-order valence-corrected chi connectivity index (χ0v) is 20.8. The number of aryl methyl sites for hydroxylation is 1. The Labute approximate surface area is 215 Å². The van der Waals surface area contributed by atoms with E-state index in [1.54, 1.807) is 19.1 Å². The lowest BCUT2D eigenvalue weighted by atomic mass is 9.53. The number of fused-ring (bicyclic) bond motifs is 3. The largest absolute Gasteiger partial charge is 0.507 e. The van der Waals surface area contributed by atoms with Crippen LogP contribution in [0.15, 0.2) is 23.1 Å². The van der Waals surface area contributed by atoms with Crippen LogP contribution in [0.3, 0.4) is 0 Å². The van der Waals surface area contributed by atoms with E-state index >= 15 is 0 Å². The third-order valence-electron chi connectivity index (χ3n) is 7.97. The monoisotopic (exact) mass is 529 g/mol. The Bertz CT molecular complexity index is 1370. The molecule has 3 aliphatic rings. The summed E-state index contributed by atoms with van der Waals surface area (Å²) in [5.74, 6) is -9.71. The second kappa shape index (κ2) is 8.62. The number of Topliss-reactive ketones (excluding diaryl/α,β-unsaturated/α-hetero) is 2. The lowest BCUT2D eigenvalue weighted by Gasteiger charge is -2.52. The van der Waals surface area contributed by atoms with Crippen LogP contribution in [0.25, 0.3) is 5.76 Å². The number of rotatable bonds is 4. The second-order valence-corrected chi connectivity index (χ2v) is 10.7. The third-order valence-corrected chi connectivity index (χ3v) is 8.78. The van der Waals surface area contributed by atoms with Crippen molar-refractivity contribution in [2.45, 2.75) is 50.4 Å². The Balaban J connectivity index is 1.63. The Morgan fingerprint density at radius 3 is 2.59 bits per heavy atom. The molecule has 0 bridgehead atoms. The molecule has 1 aromatic heterocycles. The van der Waals surface area contributed by atoms with Gasteiger partial charge in [-0.1, -0.05) is 19.9 Å². The van der Waals surface area contributed by atoms with Crippen molar-refractivity contribution in [2.75, 3.05) is 5.32 Å². The molecular formula is C25H27N3O8S. The van der Waals surface area contributed by atoms with Crippen LogP contribution in [0.1, 0.15) is 43.0 Å². The molecule has 1 heterocycles. The molecular weight excluding hydrogens is 502 g/mol. The SMILES string of the molecule is CCc1csc(Nc2ccc3c(c2O)C(O)=C2C(=O)[C@]4(O)C(=O)C(C(N)=O)C(O)C[C@@H]4[C@@H](O)[C@@H]2[C@H]3C)n1. The first-order valence-corrected chi connectivity index (χ1v) is 12.8. The molecule has 37 heavy (non-hydrogen) atoms. The average molecular weight is 530 g/mol. The van der Waals surface area contributed by atoms with E-state index in [4.69, 9.17) is 5.73 Å². The number of nitrogens with zero attached hydrogens (tertiary/aromatic N) is 1. The Morgan fingerprint density at radius 1 is 1.27 bits per heavy atom. The van der Waals surface area contributed by atoms with Crippen LogP contribution in [0.2, 0.25) is 0 Å². The van der Waals surface area contributed by atoms with Crippen molar-refractivity contribution in [3.8, 4) is 5.75 Å². The van der Waals surface area contributed by atoms with E-state index in [1.165, 1.54) is 11.3 Å². The number of nitrogens with one attached hydrogen (secondary N) is 1. The highest BCUT2D eigenvalue weighted by atomic mass is 32.1. The lowest BCUT2D eigenvalue weighted by molar-refractivity contribution is -0.186. The standard InChI is InChI=1S/C25H27N3O8S/c1-3-9-7-37-24(27-9)28-12-5-4-10-8(2)14-17(20(32)15(10)19(12)31)22(34)25(36)11(18(14)30)6-13(29)16(21(25)33)23(26)35/h4-5,7-8,11,13-14,16,18,29-32,36H,3,6H2,1-2H3,(H2,26,35)(H,27,28)/t8-,11+,13?,14+,16?,18+,25+/m0/s1. The van der Waals surface area contributed by atoms with Crippen LogP contribution in [-0.2, 0) is 20.8 Å². The third kappa shape index (κ3) is 3.43. The number of amides is 1. The summed E-state index contributed by atoms with van der Waals surface area (Å²) in [4.78, 5) is 43.1. The number of primary amides is 1. The van der Waals surface area contributed by atoms with Gasteiger partial charge in [-0.3, -0.25) is 14.4 Å². The predicted octanol–water partition coefficient (Wildman–Crippen LogP) is 0.883. The molecule has 2 fully saturated rings. The number of nitrogens with two attached hydrogens (primary N) is 1. The summed E-state index contributed by atoms with van der Waals surface area (Å²) in [6.07, 6.45) is -2.81. The zero-order chi connectivity index (χ0) is 27.0. The van der Waals surface area contributed by atoms with Crippen LogP contribution < -0.4 is 11.1 Å². The van der Waals surface area contributed by atoms with Crippen LogP contribution in [-0.4, -0.2) is 65.8 Å². The molecule has 2 saturated carbocycles. The molecule has 0 saturated heterocycles. The molecule has 12 heteroatoms. The minimum absolute atomic E-state index is 0.0756. The van der Waals surface area contributed by atoms with E-state index in [-0.39, 0.29) is 17.0 Å². The number of aromatic nitrogens is 1. The van der Waals surface area contributed by atoms with Gasteiger partial charge in [0.05, 0.1) is 29.2 Å². The highest BCUT2D eigenvalue weighted by Gasteiger charge is 2.67. The summed E-state index contributed by atoms with van der Waals surface area (Å²) in [5, 5.41) is 60.8. The smallest absolute Gasteiger partial charge is 0.230 e. The first kappa shape index (κ1) is 25.3. The van der Waals surface area contributed by atoms with Crippen molar-refractivity contribution < 1.29 is 39.9 Å². The molecule has 8 N–H and O–H groups in total. The molecule has 11 nitrogen and oxygen atoms in total. The fourth-order valence-electron chi connectivity index (χ4n) is 6.04. The number of carbonyl (C=O) groups is 3. The van der Waals surface area contributed by atoms with Gasteiger partial charge in [0, 0.05) is 22.8 Å². The molecule has 5 rings (SSSR count). The van der Waals surface area contributed by atoms with Gasteiger partial charge < -0.3 is 36.6 Å². The molecule has 1 aromatic carbocycles. The Kier molecular flexibility index (Phi) is 5.90. The summed E-state index contributed by atoms with van der Waals surface area (Å²) in [7, 11) is 0. The molecule has 7 atom stereocenters. The maximum absolute atomic E-state index is 13.7. The Morgan fingerprint density at radius 2 is 1.97 bits per heavy atom. The van der Waals surface area contributed by atoms with Gasteiger partial charge in [-0.15, -0.1) is 11.3 Å². The zero-order valence-electron chi connectivity index (χ0n) is 20.0. The highest BCUT2D eigenvalue weighted by molar-refractivity contribution is 7.13. The number of thiazole rings is 1. The van der Waals surface area contributed by atoms with Gasteiger partial charge >= 0.3 is 0 Å². The van der Waals surface area contributed by atoms with Crippen molar-refractivity contribution in [1.82, 2.24) is 4.98 Å². The molecule has 196 valence electrons. The number of hydrogen-bond acceptors (Lipinski definition) is 11. The summed E-state index contributed by atoms with van der Waals surface area (Å²) in [5.41, 5.74) is 3.38. The van der Waals surface area contributed by atoms with E-state index in [2.05, 4.69) is 10.3 Å². The van der Waals surface area contributed by atoms with E-state index < -0.39 is 76.7 Å². The van der Waals surface area contributed by atoms with Gasteiger partial charge in [0.1, 0.15) is 17.4 Å². The molecule has 3 aliphatic carbocycles. The van der Waals surface area contributed by atoms with Crippen molar-refractivity contribution in [1.29, 1.82) is 0 Å². The summed E-state index contributed by atoms with van der Waals surface area (Å²) >= 11 is 1.33. The van der Waals surface area contributed by atoms with E-state index in [0.29, 0.717) is 10.7 Å². The number of aromatic hydroxyl groups is 1. The van der Waals surface area contributed by atoms with Gasteiger partial charge in [0.2, 0.25) is 11.7 Å². The van der Waals surface area contributed by atoms with Gasteiger partial charge in [-0.05, 0) is 30.4 Å². The maximum Gasteiger partial charge on any atom is 0.230 e. The van der Waals surface area contributed by atoms with Crippen molar-refractivity contribution >= 4 is 45.4 Å². The van der Waals surface area contributed by atoms with Gasteiger partial charge in [-0.25, -0.2) is 4.98 Å². The topological polar surface area (TPSA) is 203 Å². The van der Waals surface area contributed by atoms with Crippen LogP contribution in [0.4, 0.5) is 10.8 Å². The van der Waals surface area contributed by atoms with Crippen LogP contribution in [0, 0.1) is 17.8 Å². The molecule has 0 radical (unpaired) electrons. The summed E-state index contributed by atoms with van der Waals surface area (Å²) in [6, 6.07) is 3.24. The van der Waals surface area contributed by atoms with Crippen LogP contribution in [0.5, 0.6) is 5.75 Å². The number of phenolic OH excluding ortho intramolecular Hbond substituents is 1. The molecule has 0 aliphatic heterocycles. The first-order valence-electron chi connectivity index (χ1n) is 11.9. The minimum Gasteiger partial charge on any atom is -0.507 e. The predicted molar refractivity (Wildman–Crippen MR) is 132 cm³/mol. The number of carbonyl (C=O) groups excluding carboxylic acids is 3. The van der Waals surface area contributed by atoms with Gasteiger partial charge in [0.25, 0.3) is 0 Å². The quantitative estimate of drug-likeness (QED) is 0.220. The molecule has 2 aromatic rings. The second-order valence-electron chi connectivity index (χ2n) is 9.87. The van der Waals surface area contributed by atoms with Crippen molar-refractivity contribution in [2.24, 2.45) is 23.5 Å². The first-order chi connectivity index (χ1) is 17.4. The summed E-state index contributed by atoms with van der Waals surface area (Å²) < 4.78 is 0. The normalized spacial score (nSPS) is 33.0. The van der Waals surface area contributed by atoms with Gasteiger partial charge in [0.15, 0.2) is 16.5 Å². The number of ketones is 2. The Hall–Kier alpha value is -3.32. The van der Waals surface area contributed by atoms with Crippen molar-refractivity contribution in [3.05, 3.63) is 39.9 Å². The van der Waals surface area contributed by atoms with E-state index in [1.807, 2.05) is 12.3 Å². The van der Waals surface area contributed by atoms with Crippen LogP contribution >= 0.6 is 11.3 Å². The van der Waals surface area contributed by atoms with E-state index in [0.717, 1.165) is 12.1 Å². The highest BCUT2D eigenvalue weighted by Crippen LogP contribution is 2.56. The number of phenols is 1. The number of hydrogen-bond donors (Lipinski definition) is 7. The maximum atomic E-state index is 13.7. The molecule has 1 amide bonds. The lowest BCUT2D eigenvalue weighted by Crippen LogP contribution is -2.70. The fourth-order valence-corrected chi connectivity index (χ4v) is 6.85. The molecule has 2 unspecified atom stereocenters. The van der Waals surface area contributed by atoms with E-state index in [9.17, 15) is 39.9 Å².